The zero-order chi connectivity index (χ0) is 13.8. The topological polar surface area (TPSA) is 32.7 Å². The fourth-order valence-electron chi connectivity index (χ4n) is 2.38. The second kappa shape index (κ2) is 6.41. The summed E-state index contributed by atoms with van der Waals surface area (Å²) < 4.78 is 32.3. The number of halogens is 2. The van der Waals surface area contributed by atoms with Crippen molar-refractivity contribution in [2.75, 3.05) is 26.2 Å². The average Bonchev–Trinajstić information content (AvgIpc) is 2.41. The third kappa shape index (κ3) is 3.49. The summed E-state index contributed by atoms with van der Waals surface area (Å²) in [4.78, 5) is 2.16. The number of morpholine rings is 1. The smallest absolute Gasteiger partial charge is 0.129 e. The number of benzene rings is 1. The van der Waals surface area contributed by atoms with Crippen molar-refractivity contribution in [2.45, 2.75) is 25.6 Å². The molecular formula is C14H19F2NO2. The molecule has 0 radical (unpaired) electrons. The van der Waals surface area contributed by atoms with E-state index < -0.39 is 23.8 Å². The molecule has 0 bridgehead atoms. The van der Waals surface area contributed by atoms with E-state index in [1.165, 1.54) is 0 Å². The number of ether oxygens (including phenoxy) is 1. The first-order chi connectivity index (χ1) is 9.11. The van der Waals surface area contributed by atoms with E-state index in [0.717, 1.165) is 37.7 Å². The lowest BCUT2D eigenvalue weighted by Crippen LogP contribution is -2.45. The third-order valence-electron chi connectivity index (χ3n) is 3.35. The minimum Gasteiger partial charge on any atom is -0.386 e. The summed E-state index contributed by atoms with van der Waals surface area (Å²) in [5.74, 6) is -1.17. The summed E-state index contributed by atoms with van der Waals surface area (Å²) in [6, 6.07) is 3.10. The highest BCUT2D eigenvalue weighted by Crippen LogP contribution is 2.25. The van der Waals surface area contributed by atoms with Crippen LogP contribution in [0.1, 0.15) is 25.0 Å². The van der Waals surface area contributed by atoms with Gasteiger partial charge in [0.1, 0.15) is 23.8 Å². The van der Waals surface area contributed by atoms with Crippen molar-refractivity contribution in [1.29, 1.82) is 0 Å². The van der Waals surface area contributed by atoms with Crippen LogP contribution in [0.4, 0.5) is 8.78 Å². The van der Waals surface area contributed by atoms with Gasteiger partial charge >= 0.3 is 0 Å². The molecule has 1 aromatic rings. The standard InChI is InChI=1S/C14H19F2NO2/c1-2-5-17-6-7-19-13(9-17)14(18)11-8-10(15)3-4-12(11)16/h3-4,8,13-14,18H,2,5-7,9H2,1H3. The van der Waals surface area contributed by atoms with E-state index in [2.05, 4.69) is 11.8 Å². The van der Waals surface area contributed by atoms with Gasteiger partial charge in [-0.05, 0) is 31.2 Å². The van der Waals surface area contributed by atoms with Gasteiger partial charge < -0.3 is 9.84 Å². The number of rotatable bonds is 4. The highest BCUT2D eigenvalue weighted by molar-refractivity contribution is 5.22. The molecule has 5 heteroatoms. The van der Waals surface area contributed by atoms with Crippen molar-refractivity contribution in [2.24, 2.45) is 0 Å². The molecule has 0 amide bonds. The van der Waals surface area contributed by atoms with E-state index in [1.807, 2.05) is 0 Å². The summed E-state index contributed by atoms with van der Waals surface area (Å²) in [5, 5.41) is 10.2. The van der Waals surface area contributed by atoms with Gasteiger partial charge in [0.25, 0.3) is 0 Å². The number of nitrogens with zero attached hydrogens (tertiary/aromatic N) is 1. The molecule has 106 valence electrons. The summed E-state index contributed by atoms with van der Waals surface area (Å²) >= 11 is 0. The van der Waals surface area contributed by atoms with Crippen LogP contribution in [0.2, 0.25) is 0 Å². The first-order valence-electron chi connectivity index (χ1n) is 6.58. The second-order valence-electron chi connectivity index (χ2n) is 4.82. The molecule has 2 atom stereocenters. The Morgan fingerprint density at radius 2 is 2.26 bits per heavy atom. The van der Waals surface area contributed by atoms with Crippen LogP contribution in [0.25, 0.3) is 0 Å². The Morgan fingerprint density at radius 1 is 1.47 bits per heavy atom. The molecule has 1 aromatic carbocycles. The molecule has 1 aliphatic heterocycles. The minimum absolute atomic E-state index is 0.0386. The molecule has 19 heavy (non-hydrogen) atoms. The number of hydrogen-bond donors (Lipinski definition) is 1. The molecule has 1 aliphatic rings. The summed E-state index contributed by atoms with van der Waals surface area (Å²) in [7, 11) is 0. The van der Waals surface area contributed by atoms with E-state index in [0.29, 0.717) is 13.2 Å². The molecule has 3 nitrogen and oxygen atoms in total. The summed E-state index contributed by atoms with van der Waals surface area (Å²) in [6.45, 7) is 4.83. The highest BCUT2D eigenvalue weighted by atomic mass is 19.1. The van der Waals surface area contributed by atoms with Crippen LogP contribution in [0.3, 0.4) is 0 Å². The number of aliphatic hydroxyl groups excluding tert-OH is 1. The average molecular weight is 271 g/mol. The van der Waals surface area contributed by atoms with E-state index in [-0.39, 0.29) is 5.56 Å². The van der Waals surface area contributed by atoms with Crippen LogP contribution in [-0.4, -0.2) is 42.4 Å². The summed E-state index contributed by atoms with van der Waals surface area (Å²) in [5.41, 5.74) is -0.0386. The van der Waals surface area contributed by atoms with E-state index in [1.54, 1.807) is 0 Å². The van der Waals surface area contributed by atoms with Crippen LogP contribution >= 0.6 is 0 Å². The van der Waals surface area contributed by atoms with Gasteiger partial charge in [-0.25, -0.2) is 8.78 Å². The molecule has 1 N–H and O–H groups in total. The largest absolute Gasteiger partial charge is 0.386 e. The van der Waals surface area contributed by atoms with Crippen LogP contribution < -0.4 is 0 Å². The molecule has 0 spiro atoms. The maximum Gasteiger partial charge on any atom is 0.129 e. The van der Waals surface area contributed by atoms with Gasteiger partial charge in [-0.2, -0.15) is 0 Å². The molecule has 1 heterocycles. The molecule has 0 aliphatic carbocycles. The highest BCUT2D eigenvalue weighted by Gasteiger charge is 2.29. The Hall–Kier alpha value is -1.04. The molecule has 0 aromatic heterocycles. The predicted octanol–water partition coefficient (Wildman–Crippen LogP) is 2.11. The van der Waals surface area contributed by atoms with Gasteiger partial charge in [0.15, 0.2) is 0 Å². The van der Waals surface area contributed by atoms with E-state index >= 15 is 0 Å². The van der Waals surface area contributed by atoms with Crippen molar-refractivity contribution in [3.8, 4) is 0 Å². The molecule has 1 saturated heterocycles. The Balaban J connectivity index is 2.10. The van der Waals surface area contributed by atoms with Crippen LogP contribution in [0.5, 0.6) is 0 Å². The Morgan fingerprint density at radius 3 is 3.00 bits per heavy atom. The third-order valence-corrected chi connectivity index (χ3v) is 3.35. The van der Waals surface area contributed by atoms with Crippen LogP contribution in [-0.2, 0) is 4.74 Å². The fraction of sp³-hybridized carbons (Fsp3) is 0.571. The van der Waals surface area contributed by atoms with Crippen molar-refractivity contribution in [3.63, 3.8) is 0 Å². The zero-order valence-electron chi connectivity index (χ0n) is 11.0. The molecule has 0 saturated carbocycles. The van der Waals surface area contributed by atoms with E-state index in [4.69, 9.17) is 4.74 Å². The molecule has 1 fully saturated rings. The molecular weight excluding hydrogens is 252 g/mol. The Kier molecular flexibility index (Phi) is 4.85. The molecule has 2 unspecified atom stereocenters. The first kappa shape index (κ1) is 14.4. The van der Waals surface area contributed by atoms with E-state index in [9.17, 15) is 13.9 Å². The maximum atomic E-state index is 13.6. The lowest BCUT2D eigenvalue weighted by molar-refractivity contribution is -0.0907. The number of hydrogen-bond acceptors (Lipinski definition) is 3. The lowest BCUT2D eigenvalue weighted by Gasteiger charge is -2.35. The van der Waals surface area contributed by atoms with Gasteiger partial charge in [0.05, 0.1) is 6.61 Å². The van der Waals surface area contributed by atoms with Crippen LogP contribution in [0.15, 0.2) is 18.2 Å². The Labute approximate surface area is 111 Å². The monoisotopic (exact) mass is 271 g/mol. The van der Waals surface area contributed by atoms with Gasteiger partial charge in [0, 0.05) is 18.7 Å². The zero-order valence-corrected chi connectivity index (χ0v) is 11.0. The van der Waals surface area contributed by atoms with Crippen molar-refractivity contribution in [1.82, 2.24) is 4.90 Å². The SMILES string of the molecule is CCCN1CCOC(C(O)c2cc(F)ccc2F)C1. The molecule has 2 rings (SSSR count). The van der Waals surface area contributed by atoms with Crippen molar-refractivity contribution < 1.29 is 18.6 Å². The van der Waals surface area contributed by atoms with Gasteiger partial charge in [0.2, 0.25) is 0 Å². The quantitative estimate of drug-likeness (QED) is 0.910. The van der Waals surface area contributed by atoms with Gasteiger partial charge in [-0.15, -0.1) is 0 Å². The van der Waals surface area contributed by atoms with Crippen LogP contribution in [0, 0.1) is 11.6 Å². The van der Waals surface area contributed by atoms with Gasteiger partial charge in [-0.3, -0.25) is 4.90 Å². The minimum atomic E-state index is -1.14. The number of aliphatic hydroxyl groups is 1. The lowest BCUT2D eigenvalue weighted by atomic mass is 10.0. The van der Waals surface area contributed by atoms with Crippen molar-refractivity contribution >= 4 is 0 Å². The Bertz CT molecular complexity index is 426. The maximum absolute atomic E-state index is 13.6. The second-order valence-corrected chi connectivity index (χ2v) is 4.82. The van der Waals surface area contributed by atoms with Crippen molar-refractivity contribution in [3.05, 3.63) is 35.4 Å². The summed E-state index contributed by atoms with van der Waals surface area (Å²) in [6.07, 6.45) is -0.649. The fourth-order valence-corrected chi connectivity index (χ4v) is 2.38. The van der Waals surface area contributed by atoms with Gasteiger partial charge in [-0.1, -0.05) is 6.92 Å². The normalized spacial score (nSPS) is 22.4. The predicted molar refractivity (Wildman–Crippen MR) is 67.8 cm³/mol. The first-order valence-corrected chi connectivity index (χ1v) is 6.58.